The highest BCUT2D eigenvalue weighted by Crippen LogP contribution is 2.26. The molecule has 1 rings (SSSR count). The Bertz CT molecular complexity index is 312. The topological polar surface area (TPSA) is 38.1 Å². The Balaban J connectivity index is 2.65. The quantitative estimate of drug-likeness (QED) is 0.745. The highest BCUT2D eigenvalue weighted by atomic mass is 35.5. The number of halogens is 1. The molecule has 1 aromatic heterocycles. The Morgan fingerprint density at radius 3 is 2.75 bits per heavy atom. The predicted octanol–water partition coefficient (Wildman–Crippen LogP) is 3.56. The second-order valence-corrected chi connectivity index (χ2v) is 4.52. The molecule has 4 heteroatoms. The van der Waals surface area contributed by atoms with Gasteiger partial charge in [0, 0.05) is 6.54 Å². The van der Waals surface area contributed by atoms with Crippen LogP contribution in [0.5, 0.6) is 0 Å². The van der Waals surface area contributed by atoms with E-state index in [0.29, 0.717) is 5.02 Å². The molecule has 0 aliphatic rings. The molecule has 92 valence electrons. The van der Waals surface area contributed by atoms with Gasteiger partial charge in [-0.25, -0.2) is 0 Å². The van der Waals surface area contributed by atoms with E-state index in [-0.39, 0.29) is 0 Å². The average Bonchev–Trinajstić information content (AvgIpc) is 2.61. The lowest BCUT2D eigenvalue weighted by molar-refractivity contribution is 0.152. The molecule has 0 aliphatic heterocycles. The zero-order chi connectivity index (χ0) is 12.0. The highest BCUT2D eigenvalue weighted by Gasteiger charge is 2.17. The number of unbranched alkanes of at least 4 members (excludes halogenated alkanes) is 2. The fourth-order valence-electron chi connectivity index (χ4n) is 1.82. The number of nitrogens with zero attached hydrogens (tertiary/aromatic N) is 2. The van der Waals surface area contributed by atoms with Gasteiger partial charge in [-0.2, -0.15) is 5.10 Å². The van der Waals surface area contributed by atoms with Crippen molar-refractivity contribution < 1.29 is 5.11 Å². The van der Waals surface area contributed by atoms with Crippen molar-refractivity contribution in [1.29, 1.82) is 0 Å². The van der Waals surface area contributed by atoms with Gasteiger partial charge in [-0.1, -0.05) is 44.7 Å². The van der Waals surface area contributed by atoms with E-state index in [0.717, 1.165) is 44.3 Å². The maximum absolute atomic E-state index is 10.1. The minimum absolute atomic E-state index is 0.479. The van der Waals surface area contributed by atoms with Crippen LogP contribution in [-0.2, 0) is 6.54 Å². The summed E-state index contributed by atoms with van der Waals surface area (Å²) in [5.41, 5.74) is 0.777. The summed E-state index contributed by atoms with van der Waals surface area (Å²) in [4.78, 5) is 0. The maximum Gasteiger partial charge on any atom is 0.0971 e. The molecule has 1 unspecified atom stereocenters. The van der Waals surface area contributed by atoms with Crippen LogP contribution < -0.4 is 0 Å². The lowest BCUT2D eigenvalue weighted by atomic mass is 10.1. The van der Waals surface area contributed by atoms with Crippen LogP contribution in [0.1, 0.15) is 57.7 Å². The third-order valence-electron chi connectivity index (χ3n) is 2.67. The van der Waals surface area contributed by atoms with Gasteiger partial charge in [0.25, 0.3) is 0 Å². The minimum atomic E-state index is -0.479. The largest absolute Gasteiger partial charge is 0.387 e. The maximum atomic E-state index is 10.1. The summed E-state index contributed by atoms with van der Waals surface area (Å²) < 4.78 is 1.82. The van der Waals surface area contributed by atoms with Crippen molar-refractivity contribution in [2.75, 3.05) is 0 Å². The van der Waals surface area contributed by atoms with E-state index in [1.165, 1.54) is 0 Å². The highest BCUT2D eigenvalue weighted by molar-refractivity contribution is 6.31. The SMILES string of the molecule is CCCCCC(O)c1c(Cl)cnn1CCC. The van der Waals surface area contributed by atoms with Crippen molar-refractivity contribution in [3.05, 3.63) is 16.9 Å². The Kier molecular flexibility index (Phi) is 5.85. The molecule has 0 radical (unpaired) electrons. The second-order valence-electron chi connectivity index (χ2n) is 4.11. The van der Waals surface area contributed by atoms with Crippen LogP contribution in [-0.4, -0.2) is 14.9 Å². The molecule has 0 spiro atoms. The van der Waals surface area contributed by atoms with Crippen molar-refractivity contribution in [2.24, 2.45) is 0 Å². The van der Waals surface area contributed by atoms with Gasteiger partial charge in [0.05, 0.1) is 23.0 Å². The van der Waals surface area contributed by atoms with Gasteiger partial charge in [0.2, 0.25) is 0 Å². The summed E-state index contributed by atoms with van der Waals surface area (Å²) in [5.74, 6) is 0. The lowest BCUT2D eigenvalue weighted by Gasteiger charge is -2.13. The summed E-state index contributed by atoms with van der Waals surface area (Å²) in [7, 11) is 0. The van der Waals surface area contributed by atoms with E-state index < -0.39 is 6.10 Å². The first-order valence-electron chi connectivity index (χ1n) is 6.10. The number of hydrogen-bond acceptors (Lipinski definition) is 2. The molecule has 0 aromatic carbocycles. The van der Waals surface area contributed by atoms with Crippen LogP contribution in [0.3, 0.4) is 0 Å². The standard InChI is InChI=1S/C12H21ClN2O/c1-3-5-6-7-11(16)12-10(13)9-14-15(12)8-4-2/h9,11,16H,3-8H2,1-2H3. The third kappa shape index (κ3) is 3.49. The van der Waals surface area contributed by atoms with Gasteiger partial charge >= 0.3 is 0 Å². The summed E-state index contributed by atoms with van der Waals surface area (Å²) in [6.07, 6.45) is 6.25. The summed E-state index contributed by atoms with van der Waals surface area (Å²) in [6.45, 7) is 5.05. The summed E-state index contributed by atoms with van der Waals surface area (Å²) in [6, 6.07) is 0. The second kappa shape index (κ2) is 6.92. The summed E-state index contributed by atoms with van der Waals surface area (Å²) >= 11 is 6.05. The van der Waals surface area contributed by atoms with E-state index in [1.54, 1.807) is 6.20 Å². The van der Waals surface area contributed by atoms with Gasteiger partial charge in [-0.05, 0) is 12.8 Å². The molecule has 1 atom stereocenters. The van der Waals surface area contributed by atoms with E-state index >= 15 is 0 Å². The molecular weight excluding hydrogens is 224 g/mol. The average molecular weight is 245 g/mol. The zero-order valence-electron chi connectivity index (χ0n) is 10.1. The van der Waals surface area contributed by atoms with Crippen LogP contribution in [0.4, 0.5) is 0 Å². The van der Waals surface area contributed by atoms with E-state index in [2.05, 4.69) is 18.9 Å². The molecule has 0 saturated heterocycles. The minimum Gasteiger partial charge on any atom is -0.387 e. The smallest absolute Gasteiger partial charge is 0.0971 e. The van der Waals surface area contributed by atoms with Crippen LogP contribution in [0.2, 0.25) is 5.02 Å². The molecule has 1 heterocycles. The normalized spacial score (nSPS) is 13.0. The molecule has 0 aliphatic carbocycles. The van der Waals surface area contributed by atoms with Crippen LogP contribution in [0, 0.1) is 0 Å². The van der Waals surface area contributed by atoms with Crippen molar-refractivity contribution in [3.8, 4) is 0 Å². The molecule has 3 nitrogen and oxygen atoms in total. The fraction of sp³-hybridized carbons (Fsp3) is 0.750. The van der Waals surface area contributed by atoms with Crippen molar-refractivity contribution >= 4 is 11.6 Å². The monoisotopic (exact) mass is 244 g/mol. The first-order valence-corrected chi connectivity index (χ1v) is 6.47. The van der Waals surface area contributed by atoms with Crippen molar-refractivity contribution in [1.82, 2.24) is 9.78 Å². The fourth-order valence-corrected chi connectivity index (χ4v) is 2.08. The van der Waals surface area contributed by atoms with Gasteiger partial charge in [0.15, 0.2) is 0 Å². The number of aliphatic hydroxyl groups excluding tert-OH is 1. The van der Waals surface area contributed by atoms with Gasteiger partial charge in [-0.3, -0.25) is 4.68 Å². The molecule has 1 aromatic rings. The number of hydrogen-bond donors (Lipinski definition) is 1. The number of aryl methyl sites for hydroxylation is 1. The predicted molar refractivity (Wildman–Crippen MR) is 66.6 cm³/mol. The molecular formula is C12H21ClN2O. The first-order chi connectivity index (χ1) is 7.70. The number of aliphatic hydroxyl groups is 1. The Labute approximate surface area is 102 Å². The van der Waals surface area contributed by atoms with Crippen molar-refractivity contribution in [2.45, 2.75) is 58.6 Å². The Hall–Kier alpha value is -0.540. The Morgan fingerprint density at radius 1 is 1.38 bits per heavy atom. The third-order valence-corrected chi connectivity index (χ3v) is 2.96. The first kappa shape index (κ1) is 13.5. The van der Waals surface area contributed by atoms with Crippen molar-refractivity contribution in [3.63, 3.8) is 0 Å². The molecule has 16 heavy (non-hydrogen) atoms. The molecule has 0 fully saturated rings. The van der Waals surface area contributed by atoms with E-state index in [4.69, 9.17) is 11.6 Å². The van der Waals surface area contributed by atoms with E-state index in [9.17, 15) is 5.11 Å². The molecule has 0 bridgehead atoms. The number of rotatable bonds is 7. The molecule has 1 N–H and O–H groups in total. The zero-order valence-corrected chi connectivity index (χ0v) is 10.9. The Morgan fingerprint density at radius 2 is 2.12 bits per heavy atom. The van der Waals surface area contributed by atoms with Gasteiger partial charge < -0.3 is 5.11 Å². The van der Waals surface area contributed by atoms with E-state index in [1.807, 2.05) is 4.68 Å². The molecule has 0 saturated carbocycles. The summed E-state index contributed by atoms with van der Waals surface area (Å²) in [5, 5.41) is 14.8. The lowest BCUT2D eigenvalue weighted by Crippen LogP contribution is -2.09. The molecule has 0 amide bonds. The van der Waals surface area contributed by atoms with Crippen LogP contribution in [0.25, 0.3) is 0 Å². The van der Waals surface area contributed by atoms with Gasteiger partial charge in [0.1, 0.15) is 0 Å². The van der Waals surface area contributed by atoms with Crippen LogP contribution >= 0.6 is 11.6 Å². The van der Waals surface area contributed by atoms with Gasteiger partial charge in [-0.15, -0.1) is 0 Å². The van der Waals surface area contributed by atoms with Crippen LogP contribution in [0.15, 0.2) is 6.20 Å². The number of aromatic nitrogens is 2.